The Morgan fingerprint density at radius 3 is 3.00 bits per heavy atom. The van der Waals surface area contributed by atoms with Crippen LogP contribution in [0.15, 0.2) is 28.9 Å². The van der Waals surface area contributed by atoms with Crippen LogP contribution in [0.4, 0.5) is 0 Å². The fourth-order valence-electron chi connectivity index (χ4n) is 3.93. The molecule has 2 aliphatic rings. The lowest BCUT2D eigenvalue weighted by Gasteiger charge is -2.22. The van der Waals surface area contributed by atoms with Gasteiger partial charge in [-0.05, 0) is 25.5 Å². The van der Waals surface area contributed by atoms with Crippen LogP contribution in [0.25, 0.3) is 11.3 Å². The quantitative estimate of drug-likeness (QED) is 0.758. The molecule has 0 radical (unpaired) electrons. The first-order chi connectivity index (χ1) is 12.6. The monoisotopic (exact) mass is 348 g/mol. The highest BCUT2D eigenvalue weighted by Gasteiger charge is 2.48. The highest BCUT2D eigenvalue weighted by Crippen LogP contribution is 2.36. The molecule has 2 fully saturated rings. The third-order valence-corrected chi connectivity index (χ3v) is 5.33. The van der Waals surface area contributed by atoms with Crippen LogP contribution in [0.2, 0.25) is 0 Å². The van der Waals surface area contributed by atoms with Crippen LogP contribution in [0.1, 0.15) is 29.7 Å². The second kappa shape index (κ2) is 6.16. The van der Waals surface area contributed by atoms with E-state index in [1.807, 2.05) is 13.0 Å². The van der Waals surface area contributed by atoms with Gasteiger partial charge in [0.15, 0.2) is 12.0 Å². The van der Waals surface area contributed by atoms with E-state index in [2.05, 4.69) is 16.2 Å². The normalized spacial score (nSPS) is 24.2. The Morgan fingerprint density at radius 1 is 1.38 bits per heavy atom. The molecule has 2 aromatic heterocycles. The number of nitriles is 2. The Labute approximate surface area is 150 Å². The second-order valence-corrected chi connectivity index (χ2v) is 6.58. The maximum absolute atomic E-state index is 12.9. The minimum absolute atomic E-state index is 0.0126. The highest BCUT2D eigenvalue weighted by atomic mass is 16.4. The fourth-order valence-corrected chi connectivity index (χ4v) is 3.93. The topological polar surface area (TPSA) is 110 Å². The predicted molar refractivity (Wildman–Crippen MR) is 89.2 cm³/mol. The largest absolute Gasteiger partial charge is 0.432 e. The van der Waals surface area contributed by atoms with Gasteiger partial charge in [-0.2, -0.15) is 10.5 Å². The van der Waals surface area contributed by atoms with Gasteiger partial charge >= 0.3 is 5.91 Å². The molecule has 0 N–H and O–H groups in total. The number of oxazole rings is 1. The van der Waals surface area contributed by atoms with E-state index >= 15 is 0 Å². The summed E-state index contributed by atoms with van der Waals surface area (Å²) in [6.45, 7) is 3.22. The van der Waals surface area contributed by atoms with Gasteiger partial charge in [-0.25, -0.2) is 9.97 Å². The molecule has 0 spiro atoms. The molecule has 8 heteroatoms. The van der Waals surface area contributed by atoms with Crippen molar-refractivity contribution in [2.75, 3.05) is 13.1 Å². The number of nitrogens with zero attached hydrogens (tertiary/aromatic N) is 6. The molecule has 0 unspecified atom stereocenters. The molecule has 1 amide bonds. The van der Waals surface area contributed by atoms with Gasteiger partial charge in [0.2, 0.25) is 0 Å². The van der Waals surface area contributed by atoms with Crippen LogP contribution in [-0.2, 0) is 0 Å². The molecule has 4 heterocycles. The summed E-state index contributed by atoms with van der Waals surface area (Å²) in [4.78, 5) is 24.4. The van der Waals surface area contributed by atoms with Crippen LogP contribution in [0.3, 0.4) is 0 Å². The summed E-state index contributed by atoms with van der Waals surface area (Å²) >= 11 is 0. The standard InChI is InChI=1S/C18H16N6O2/c1-11-14-3-5-24(15(14)9-23(11)10-20)18(25)17-22-8-16(26-17)12-2-4-21-13(6-12)7-19/h2,4,6,8,11,14-15H,3,5,9H2,1H3/t11-,14+,15+/m1/s1. The molecule has 26 heavy (non-hydrogen) atoms. The summed E-state index contributed by atoms with van der Waals surface area (Å²) < 4.78 is 5.65. The van der Waals surface area contributed by atoms with Crippen molar-refractivity contribution in [3.63, 3.8) is 0 Å². The van der Waals surface area contributed by atoms with Crippen LogP contribution in [0, 0.1) is 28.7 Å². The number of carbonyl (C=O) groups is 1. The molecule has 0 bridgehead atoms. The third kappa shape index (κ3) is 2.47. The molecular weight excluding hydrogens is 332 g/mol. The number of fused-ring (bicyclic) bond motifs is 1. The van der Waals surface area contributed by atoms with Crippen LogP contribution >= 0.6 is 0 Å². The summed E-state index contributed by atoms with van der Waals surface area (Å²) in [6, 6.07) is 5.41. The molecule has 4 rings (SSSR count). The first kappa shape index (κ1) is 16.1. The first-order valence-corrected chi connectivity index (χ1v) is 8.42. The van der Waals surface area contributed by atoms with Crippen molar-refractivity contribution in [2.45, 2.75) is 25.4 Å². The molecule has 8 nitrogen and oxygen atoms in total. The lowest BCUT2D eigenvalue weighted by molar-refractivity contribution is 0.0692. The molecule has 2 aromatic rings. The minimum Gasteiger partial charge on any atom is -0.432 e. The van der Waals surface area contributed by atoms with E-state index in [1.54, 1.807) is 21.9 Å². The van der Waals surface area contributed by atoms with Crippen molar-refractivity contribution in [1.82, 2.24) is 19.8 Å². The number of carbonyl (C=O) groups excluding carboxylic acids is 1. The van der Waals surface area contributed by atoms with E-state index in [4.69, 9.17) is 9.68 Å². The number of likely N-dealkylation sites (tertiary alicyclic amines) is 2. The van der Waals surface area contributed by atoms with Crippen molar-refractivity contribution >= 4 is 5.91 Å². The third-order valence-electron chi connectivity index (χ3n) is 5.33. The van der Waals surface area contributed by atoms with Gasteiger partial charge in [0.1, 0.15) is 11.8 Å². The van der Waals surface area contributed by atoms with Crippen molar-refractivity contribution in [1.29, 1.82) is 10.5 Å². The molecule has 3 atom stereocenters. The van der Waals surface area contributed by atoms with E-state index < -0.39 is 0 Å². The van der Waals surface area contributed by atoms with Crippen molar-refractivity contribution in [2.24, 2.45) is 5.92 Å². The lowest BCUT2D eigenvalue weighted by atomic mass is 9.98. The molecule has 130 valence electrons. The van der Waals surface area contributed by atoms with Crippen LogP contribution in [0.5, 0.6) is 0 Å². The Hall–Kier alpha value is -3.39. The zero-order valence-electron chi connectivity index (χ0n) is 14.2. The number of amides is 1. The predicted octanol–water partition coefficient (Wildman–Crippen LogP) is 1.62. The Balaban J connectivity index is 1.56. The maximum atomic E-state index is 12.9. The van der Waals surface area contributed by atoms with Gasteiger partial charge in [-0.15, -0.1) is 0 Å². The highest BCUT2D eigenvalue weighted by molar-refractivity contribution is 5.90. The Bertz CT molecular complexity index is 940. The molecule has 0 aliphatic carbocycles. The number of hydrogen-bond donors (Lipinski definition) is 0. The van der Waals surface area contributed by atoms with E-state index in [9.17, 15) is 10.1 Å². The molecule has 2 aliphatic heterocycles. The van der Waals surface area contributed by atoms with Crippen molar-refractivity contribution in [3.8, 4) is 23.6 Å². The Kier molecular flexibility index (Phi) is 3.81. The Morgan fingerprint density at radius 2 is 2.23 bits per heavy atom. The van der Waals surface area contributed by atoms with Gasteiger partial charge in [-0.3, -0.25) is 4.79 Å². The van der Waals surface area contributed by atoms with Crippen LogP contribution in [-0.4, -0.2) is 50.8 Å². The smallest absolute Gasteiger partial charge is 0.310 e. The molecule has 0 aromatic carbocycles. The van der Waals surface area contributed by atoms with Crippen LogP contribution < -0.4 is 0 Å². The average molecular weight is 348 g/mol. The van der Waals surface area contributed by atoms with E-state index in [1.165, 1.54) is 12.4 Å². The second-order valence-electron chi connectivity index (χ2n) is 6.58. The number of aromatic nitrogens is 2. The average Bonchev–Trinajstić information content (AvgIpc) is 3.38. The van der Waals surface area contributed by atoms with Gasteiger partial charge < -0.3 is 14.2 Å². The fraction of sp³-hybridized carbons (Fsp3) is 0.389. The van der Waals surface area contributed by atoms with Gasteiger partial charge in [0, 0.05) is 36.8 Å². The SMILES string of the molecule is C[C@@H]1[C@@H]2CCN(C(=O)c3ncc(-c4ccnc(C#N)c4)o3)[C@H]2CN1C#N. The summed E-state index contributed by atoms with van der Waals surface area (Å²) in [5.41, 5.74) is 0.915. The molecular formula is C18H16N6O2. The van der Waals surface area contributed by atoms with Crippen molar-refractivity contribution < 1.29 is 9.21 Å². The van der Waals surface area contributed by atoms with Gasteiger partial charge in [0.25, 0.3) is 5.89 Å². The van der Waals surface area contributed by atoms with Gasteiger partial charge in [-0.1, -0.05) is 0 Å². The zero-order chi connectivity index (χ0) is 18.3. The molecule has 2 saturated heterocycles. The van der Waals surface area contributed by atoms with E-state index in [0.29, 0.717) is 30.3 Å². The number of hydrogen-bond acceptors (Lipinski definition) is 7. The molecule has 0 saturated carbocycles. The van der Waals surface area contributed by atoms with Crippen molar-refractivity contribution in [3.05, 3.63) is 36.1 Å². The maximum Gasteiger partial charge on any atom is 0.310 e. The summed E-state index contributed by atoms with van der Waals surface area (Å²) in [5, 5.41) is 18.2. The summed E-state index contributed by atoms with van der Waals surface area (Å²) in [6.07, 6.45) is 6.07. The summed E-state index contributed by atoms with van der Waals surface area (Å²) in [5.74, 6) is 0.484. The summed E-state index contributed by atoms with van der Waals surface area (Å²) in [7, 11) is 0. The number of pyridine rings is 1. The number of rotatable bonds is 2. The van der Waals surface area contributed by atoms with Gasteiger partial charge in [0.05, 0.1) is 12.2 Å². The van der Waals surface area contributed by atoms with E-state index in [-0.39, 0.29) is 29.6 Å². The first-order valence-electron chi connectivity index (χ1n) is 8.42. The minimum atomic E-state index is -0.259. The van der Waals surface area contributed by atoms with E-state index in [0.717, 1.165) is 6.42 Å². The lowest BCUT2D eigenvalue weighted by Crippen LogP contribution is -2.39. The zero-order valence-corrected chi connectivity index (χ0v) is 14.2.